The predicted molar refractivity (Wildman–Crippen MR) is 67.7 cm³/mol. The Labute approximate surface area is 99.9 Å². The van der Waals surface area contributed by atoms with E-state index in [9.17, 15) is 4.79 Å². The lowest BCUT2D eigenvalue weighted by atomic mass is 10.1. The number of pyridine rings is 1. The van der Waals surface area contributed by atoms with E-state index in [2.05, 4.69) is 4.98 Å². The summed E-state index contributed by atoms with van der Waals surface area (Å²) >= 11 is 1.29. The van der Waals surface area contributed by atoms with Crippen molar-refractivity contribution >= 4 is 23.0 Å². The normalized spacial score (nSPS) is 10.7. The molecular weight excluding hydrogens is 222 g/mol. The van der Waals surface area contributed by atoms with Gasteiger partial charge in [0.05, 0.1) is 7.11 Å². The summed E-state index contributed by atoms with van der Waals surface area (Å²) in [4.78, 5) is 14.8. The van der Waals surface area contributed by atoms with Crippen molar-refractivity contribution < 1.29 is 9.53 Å². The number of thioether (sulfide) groups is 1. The van der Waals surface area contributed by atoms with Gasteiger partial charge in [-0.1, -0.05) is 23.9 Å². The summed E-state index contributed by atoms with van der Waals surface area (Å²) in [5.74, 6) is 1.31. The lowest BCUT2D eigenvalue weighted by molar-refractivity contribution is -0.109. The van der Waals surface area contributed by atoms with Gasteiger partial charge in [-0.2, -0.15) is 0 Å². The second-order valence-electron chi connectivity index (χ2n) is 3.29. The molecule has 0 saturated carbocycles. The number of ether oxygens (including phenoxy) is 1. The Bertz CT molecular complexity index is 402. The topological polar surface area (TPSA) is 39.2 Å². The molecule has 0 saturated heterocycles. The Balaban J connectivity index is 2.63. The van der Waals surface area contributed by atoms with Gasteiger partial charge in [-0.25, -0.2) is 4.98 Å². The molecule has 1 aromatic heterocycles. The number of aromatic nitrogens is 1. The van der Waals surface area contributed by atoms with Gasteiger partial charge in [-0.15, -0.1) is 0 Å². The van der Waals surface area contributed by atoms with Crippen LogP contribution in [0.3, 0.4) is 0 Å². The molecule has 0 aromatic carbocycles. The quantitative estimate of drug-likeness (QED) is 0.807. The van der Waals surface area contributed by atoms with Crippen LogP contribution in [-0.4, -0.2) is 23.0 Å². The van der Waals surface area contributed by atoms with Crippen LogP contribution in [-0.2, 0) is 4.79 Å². The van der Waals surface area contributed by atoms with Gasteiger partial charge in [0.2, 0.25) is 5.88 Å². The van der Waals surface area contributed by atoms with Crippen LogP contribution in [0.1, 0.15) is 18.1 Å². The van der Waals surface area contributed by atoms with Crippen molar-refractivity contribution in [1.29, 1.82) is 0 Å². The molecule has 1 heterocycles. The first-order valence-electron chi connectivity index (χ1n) is 4.94. The molecule has 0 fully saturated rings. The van der Waals surface area contributed by atoms with Crippen LogP contribution >= 0.6 is 11.8 Å². The molecular formula is C12H15NO2S. The number of methoxy groups -OCH3 is 1. The van der Waals surface area contributed by atoms with Crippen molar-refractivity contribution in [3.8, 4) is 5.88 Å². The average Bonchev–Trinajstić information content (AvgIpc) is 2.25. The lowest BCUT2D eigenvalue weighted by Crippen LogP contribution is -1.90. The molecule has 0 N–H and O–H groups in total. The van der Waals surface area contributed by atoms with E-state index in [-0.39, 0.29) is 5.12 Å². The first-order valence-corrected chi connectivity index (χ1v) is 5.92. The molecule has 0 bridgehead atoms. The third kappa shape index (κ3) is 4.06. The number of rotatable bonds is 4. The molecule has 0 aliphatic heterocycles. The van der Waals surface area contributed by atoms with Crippen LogP contribution in [0.5, 0.6) is 5.88 Å². The third-order valence-corrected chi connectivity index (χ3v) is 2.78. The number of hydrogen-bond donors (Lipinski definition) is 0. The van der Waals surface area contributed by atoms with E-state index in [1.165, 1.54) is 11.8 Å². The maximum Gasteiger partial charge on any atom is 0.213 e. The Hall–Kier alpha value is -1.29. The maximum absolute atomic E-state index is 10.7. The van der Waals surface area contributed by atoms with Gasteiger partial charge >= 0.3 is 0 Å². The number of hydrogen-bond acceptors (Lipinski definition) is 4. The molecule has 0 aliphatic carbocycles. The maximum atomic E-state index is 10.7. The van der Waals surface area contributed by atoms with E-state index in [0.717, 1.165) is 11.1 Å². The molecule has 0 aliphatic rings. The molecule has 0 amide bonds. The minimum absolute atomic E-state index is 0.134. The van der Waals surface area contributed by atoms with E-state index >= 15 is 0 Å². The van der Waals surface area contributed by atoms with Gasteiger partial charge in [0, 0.05) is 24.9 Å². The molecule has 0 spiro atoms. The number of nitrogens with zero attached hydrogens (tertiary/aromatic N) is 1. The van der Waals surface area contributed by atoms with Crippen LogP contribution in [0, 0.1) is 6.92 Å². The summed E-state index contributed by atoms with van der Waals surface area (Å²) in [7, 11) is 1.60. The zero-order chi connectivity index (χ0) is 12.0. The zero-order valence-electron chi connectivity index (χ0n) is 9.69. The van der Waals surface area contributed by atoms with Crippen molar-refractivity contribution in [3.05, 3.63) is 29.5 Å². The smallest absolute Gasteiger partial charge is 0.213 e. The molecule has 1 rings (SSSR count). The summed E-state index contributed by atoms with van der Waals surface area (Å²) < 4.78 is 5.02. The second kappa shape index (κ2) is 6.33. The Morgan fingerprint density at radius 2 is 2.38 bits per heavy atom. The molecule has 86 valence electrons. The molecule has 3 nitrogen and oxygen atoms in total. The van der Waals surface area contributed by atoms with Crippen molar-refractivity contribution in [3.63, 3.8) is 0 Å². The van der Waals surface area contributed by atoms with Gasteiger partial charge in [0.1, 0.15) is 0 Å². The van der Waals surface area contributed by atoms with Crippen molar-refractivity contribution in [2.45, 2.75) is 13.8 Å². The first-order chi connectivity index (χ1) is 7.63. The molecule has 0 radical (unpaired) electrons. The minimum atomic E-state index is 0.134. The summed E-state index contributed by atoms with van der Waals surface area (Å²) in [6.45, 7) is 3.57. The highest BCUT2D eigenvalue weighted by atomic mass is 32.2. The van der Waals surface area contributed by atoms with Gasteiger partial charge in [0.15, 0.2) is 5.12 Å². The van der Waals surface area contributed by atoms with E-state index in [4.69, 9.17) is 4.74 Å². The number of aryl methyl sites for hydroxylation is 1. The van der Waals surface area contributed by atoms with Gasteiger partial charge < -0.3 is 4.74 Å². The largest absolute Gasteiger partial charge is 0.481 e. The molecule has 1 aromatic rings. The second-order valence-corrected chi connectivity index (χ2v) is 4.49. The molecule has 0 unspecified atom stereocenters. The summed E-state index contributed by atoms with van der Waals surface area (Å²) in [5, 5.41) is 0.134. The Kier molecular flexibility index (Phi) is 5.05. The zero-order valence-corrected chi connectivity index (χ0v) is 10.5. The highest BCUT2D eigenvalue weighted by molar-refractivity contribution is 8.13. The third-order valence-electron chi connectivity index (χ3n) is 2.02. The highest BCUT2D eigenvalue weighted by Gasteiger charge is 1.98. The van der Waals surface area contributed by atoms with Crippen LogP contribution in [0.25, 0.3) is 6.08 Å². The SMILES string of the molecule is COc1cc(C)c(C=CCSC(C)=O)cn1. The first kappa shape index (κ1) is 12.8. The van der Waals surface area contributed by atoms with E-state index in [1.54, 1.807) is 20.2 Å². The molecule has 4 heteroatoms. The van der Waals surface area contributed by atoms with Gasteiger partial charge in [0.25, 0.3) is 0 Å². The molecule has 16 heavy (non-hydrogen) atoms. The summed E-state index contributed by atoms with van der Waals surface area (Å²) in [6, 6.07) is 1.89. The minimum Gasteiger partial charge on any atom is -0.481 e. The van der Waals surface area contributed by atoms with Crippen molar-refractivity contribution in [2.75, 3.05) is 12.9 Å². The van der Waals surface area contributed by atoms with Crippen molar-refractivity contribution in [2.24, 2.45) is 0 Å². The van der Waals surface area contributed by atoms with Crippen LogP contribution in [0.4, 0.5) is 0 Å². The summed E-state index contributed by atoms with van der Waals surface area (Å²) in [6.07, 6.45) is 5.70. The lowest BCUT2D eigenvalue weighted by Gasteiger charge is -2.02. The fraction of sp³-hybridized carbons (Fsp3) is 0.333. The number of carbonyl (C=O) groups excluding carboxylic acids is 1. The van der Waals surface area contributed by atoms with E-state index in [0.29, 0.717) is 11.6 Å². The van der Waals surface area contributed by atoms with Crippen molar-refractivity contribution in [1.82, 2.24) is 4.98 Å². The monoisotopic (exact) mass is 237 g/mol. The molecule has 0 atom stereocenters. The van der Waals surface area contributed by atoms with Crippen LogP contribution < -0.4 is 4.74 Å². The Morgan fingerprint density at radius 3 is 2.94 bits per heavy atom. The fourth-order valence-corrected chi connectivity index (χ4v) is 1.59. The van der Waals surface area contributed by atoms with Gasteiger partial charge in [-0.3, -0.25) is 4.79 Å². The standard InChI is InChI=1S/C12H15NO2S/c1-9-7-12(15-3)13-8-11(9)5-4-6-16-10(2)14/h4-5,7-8H,6H2,1-3H3. The van der Waals surface area contributed by atoms with Crippen LogP contribution in [0.15, 0.2) is 18.3 Å². The van der Waals surface area contributed by atoms with Gasteiger partial charge in [-0.05, 0) is 18.1 Å². The number of carbonyl (C=O) groups is 1. The Morgan fingerprint density at radius 1 is 1.62 bits per heavy atom. The van der Waals surface area contributed by atoms with E-state index < -0.39 is 0 Å². The average molecular weight is 237 g/mol. The predicted octanol–water partition coefficient (Wildman–Crippen LogP) is 2.69. The van der Waals surface area contributed by atoms with Crippen LogP contribution in [0.2, 0.25) is 0 Å². The highest BCUT2D eigenvalue weighted by Crippen LogP contribution is 2.15. The van der Waals surface area contributed by atoms with E-state index in [1.807, 2.05) is 25.1 Å². The fourth-order valence-electron chi connectivity index (χ4n) is 1.17. The summed E-state index contributed by atoms with van der Waals surface area (Å²) in [5.41, 5.74) is 2.15.